The molecule has 0 rings (SSSR count). The van der Waals surface area contributed by atoms with E-state index in [0.29, 0.717) is 5.03 Å². The van der Waals surface area contributed by atoms with Crippen molar-refractivity contribution in [2.24, 2.45) is 0 Å². The fraction of sp³-hybridized carbons (Fsp3) is 0.500. The van der Waals surface area contributed by atoms with Gasteiger partial charge in [-0.2, -0.15) is 0 Å². The highest BCUT2D eigenvalue weighted by Gasteiger charge is 1.94. The molecule has 0 atom stereocenters. The Morgan fingerprint density at radius 2 is 2.20 bits per heavy atom. The van der Waals surface area contributed by atoms with Gasteiger partial charge in [-0.3, -0.25) is 0 Å². The first-order chi connectivity index (χ1) is 4.70. The zero-order valence-corrected chi connectivity index (χ0v) is 7.24. The van der Waals surface area contributed by atoms with Crippen molar-refractivity contribution in [1.82, 2.24) is 0 Å². The summed E-state index contributed by atoms with van der Waals surface area (Å²) < 4.78 is 5.01. The number of rotatable bonds is 4. The molecule has 0 aromatic rings. The van der Waals surface area contributed by atoms with Crippen LogP contribution in [0.4, 0.5) is 0 Å². The summed E-state index contributed by atoms with van der Waals surface area (Å²) >= 11 is 5.56. The van der Waals surface area contributed by atoms with Crippen molar-refractivity contribution in [1.29, 1.82) is 0 Å². The molecule has 0 aliphatic rings. The van der Waals surface area contributed by atoms with Crippen molar-refractivity contribution in [3.63, 3.8) is 0 Å². The fourth-order valence-corrected chi connectivity index (χ4v) is 0.718. The molecule has 0 aromatic carbocycles. The van der Waals surface area contributed by atoms with E-state index in [1.165, 1.54) is 0 Å². The molecule has 0 aliphatic heterocycles. The second-order valence-electron chi connectivity index (χ2n) is 1.98. The highest BCUT2D eigenvalue weighted by atomic mass is 35.5. The van der Waals surface area contributed by atoms with Crippen LogP contribution in [0, 0.1) is 0 Å². The Morgan fingerprint density at radius 1 is 1.60 bits per heavy atom. The zero-order chi connectivity index (χ0) is 7.98. The minimum absolute atomic E-state index is 0.677. The average molecular weight is 161 g/mol. The third kappa shape index (κ3) is 4.45. The highest BCUT2D eigenvalue weighted by molar-refractivity contribution is 6.29. The van der Waals surface area contributed by atoms with Gasteiger partial charge in [0.15, 0.2) is 0 Å². The van der Waals surface area contributed by atoms with Gasteiger partial charge in [-0.15, -0.1) is 0 Å². The number of allylic oxidation sites excluding steroid dienone is 3. The molecule has 0 bridgehead atoms. The van der Waals surface area contributed by atoms with Crippen molar-refractivity contribution < 1.29 is 4.74 Å². The molecule has 2 heteroatoms. The van der Waals surface area contributed by atoms with Crippen LogP contribution in [0.3, 0.4) is 0 Å². The molecule has 1 nitrogen and oxygen atoms in total. The normalized spacial score (nSPS) is 11.3. The number of hydrogen-bond acceptors (Lipinski definition) is 1. The maximum atomic E-state index is 5.56. The minimum atomic E-state index is 0.677. The molecule has 0 spiro atoms. The monoisotopic (exact) mass is 160 g/mol. The molecule has 0 aliphatic carbocycles. The van der Waals surface area contributed by atoms with Gasteiger partial charge in [-0.05, 0) is 19.4 Å². The van der Waals surface area contributed by atoms with Gasteiger partial charge in [0.2, 0.25) is 0 Å². The van der Waals surface area contributed by atoms with E-state index in [2.05, 4.69) is 6.58 Å². The molecule has 0 radical (unpaired) electrons. The Hall–Kier alpha value is -0.430. The fourth-order valence-electron chi connectivity index (χ4n) is 0.623. The van der Waals surface area contributed by atoms with Gasteiger partial charge in [0.05, 0.1) is 12.9 Å². The lowest BCUT2D eigenvalue weighted by Gasteiger charge is -2.02. The smallest absolute Gasteiger partial charge is 0.0916 e. The van der Waals surface area contributed by atoms with Crippen LogP contribution in [0.5, 0.6) is 0 Å². The van der Waals surface area contributed by atoms with Gasteiger partial charge in [0.1, 0.15) is 0 Å². The highest BCUT2D eigenvalue weighted by Crippen LogP contribution is 2.12. The van der Waals surface area contributed by atoms with Gasteiger partial charge in [0, 0.05) is 11.5 Å². The standard InChI is InChI=1S/C8H13ClO/c1-4-8(10-3)6-5-7(2)9/h4H,2,5-6H2,1,3H3/b8-4+. The Labute approximate surface area is 67.3 Å². The summed E-state index contributed by atoms with van der Waals surface area (Å²) in [6.07, 6.45) is 3.56. The maximum absolute atomic E-state index is 5.56. The first-order valence-corrected chi connectivity index (χ1v) is 3.61. The van der Waals surface area contributed by atoms with E-state index >= 15 is 0 Å². The Balaban J connectivity index is 3.56. The van der Waals surface area contributed by atoms with Crippen LogP contribution in [-0.4, -0.2) is 7.11 Å². The molecule has 0 fully saturated rings. The third-order valence-corrected chi connectivity index (χ3v) is 1.42. The van der Waals surface area contributed by atoms with E-state index < -0.39 is 0 Å². The Kier molecular flexibility index (Phi) is 5.13. The lowest BCUT2D eigenvalue weighted by atomic mass is 10.2. The second kappa shape index (κ2) is 5.36. The van der Waals surface area contributed by atoms with E-state index in [9.17, 15) is 0 Å². The molecule has 0 saturated carbocycles. The van der Waals surface area contributed by atoms with Gasteiger partial charge >= 0.3 is 0 Å². The van der Waals surface area contributed by atoms with E-state index in [-0.39, 0.29) is 0 Å². The number of methoxy groups -OCH3 is 1. The van der Waals surface area contributed by atoms with Crippen molar-refractivity contribution in [2.75, 3.05) is 7.11 Å². The van der Waals surface area contributed by atoms with Gasteiger partial charge in [-0.1, -0.05) is 18.2 Å². The number of ether oxygens (including phenoxy) is 1. The maximum Gasteiger partial charge on any atom is 0.0916 e. The van der Waals surface area contributed by atoms with Crippen LogP contribution in [0.1, 0.15) is 19.8 Å². The molecular weight excluding hydrogens is 148 g/mol. The minimum Gasteiger partial charge on any atom is -0.501 e. The van der Waals surface area contributed by atoms with Crippen molar-refractivity contribution in [3.05, 3.63) is 23.4 Å². The molecule has 0 unspecified atom stereocenters. The largest absolute Gasteiger partial charge is 0.501 e. The number of hydrogen-bond donors (Lipinski definition) is 0. The Morgan fingerprint density at radius 3 is 2.50 bits per heavy atom. The average Bonchev–Trinajstić information content (AvgIpc) is 1.90. The van der Waals surface area contributed by atoms with E-state index in [1.807, 2.05) is 13.0 Å². The quantitative estimate of drug-likeness (QED) is 0.575. The van der Waals surface area contributed by atoms with Gasteiger partial charge in [-0.25, -0.2) is 0 Å². The molecule has 0 heterocycles. The number of halogens is 1. The Bertz CT molecular complexity index is 138. The zero-order valence-electron chi connectivity index (χ0n) is 6.48. The molecular formula is C8H13ClO. The van der Waals surface area contributed by atoms with E-state index in [0.717, 1.165) is 18.6 Å². The third-order valence-electron chi connectivity index (χ3n) is 1.23. The van der Waals surface area contributed by atoms with E-state index in [1.54, 1.807) is 7.11 Å². The summed E-state index contributed by atoms with van der Waals surface area (Å²) in [4.78, 5) is 0. The molecule has 0 N–H and O–H groups in total. The summed E-state index contributed by atoms with van der Waals surface area (Å²) in [5.74, 6) is 0.960. The van der Waals surface area contributed by atoms with Gasteiger partial charge in [0.25, 0.3) is 0 Å². The van der Waals surface area contributed by atoms with Crippen LogP contribution in [0.2, 0.25) is 0 Å². The van der Waals surface area contributed by atoms with Crippen molar-refractivity contribution in [2.45, 2.75) is 19.8 Å². The summed E-state index contributed by atoms with van der Waals surface area (Å²) in [6.45, 7) is 5.52. The van der Waals surface area contributed by atoms with Crippen LogP contribution >= 0.6 is 11.6 Å². The topological polar surface area (TPSA) is 9.23 Å². The second-order valence-corrected chi connectivity index (χ2v) is 2.51. The summed E-state index contributed by atoms with van der Waals surface area (Å²) in [7, 11) is 1.66. The molecule has 58 valence electrons. The van der Waals surface area contributed by atoms with Crippen molar-refractivity contribution in [3.8, 4) is 0 Å². The van der Waals surface area contributed by atoms with E-state index in [4.69, 9.17) is 16.3 Å². The van der Waals surface area contributed by atoms with Crippen molar-refractivity contribution >= 4 is 11.6 Å². The summed E-state index contributed by atoms with van der Waals surface area (Å²) in [5, 5.41) is 0.677. The predicted molar refractivity (Wildman–Crippen MR) is 45.0 cm³/mol. The van der Waals surface area contributed by atoms with Crippen LogP contribution in [-0.2, 0) is 4.74 Å². The first-order valence-electron chi connectivity index (χ1n) is 3.23. The lowest BCUT2D eigenvalue weighted by molar-refractivity contribution is 0.277. The summed E-state index contributed by atoms with van der Waals surface area (Å²) in [5.41, 5.74) is 0. The summed E-state index contributed by atoms with van der Waals surface area (Å²) in [6, 6.07) is 0. The van der Waals surface area contributed by atoms with Gasteiger partial charge < -0.3 is 4.74 Å². The molecule has 0 aromatic heterocycles. The van der Waals surface area contributed by atoms with Crippen LogP contribution < -0.4 is 0 Å². The molecule has 0 amide bonds. The van der Waals surface area contributed by atoms with Crippen LogP contribution in [0.25, 0.3) is 0 Å². The molecule has 0 saturated heterocycles. The first kappa shape index (κ1) is 9.57. The molecule has 10 heavy (non-hydrogen) atoms. The predicted octanol–water partition coefficient (Wildman–Crippen LogP) is 3.07. The SMILES string of the molecule is C=C(Cl)CC/C(=C\C)OC. The van der Waals surface area contributed by atoms with Crippen LogP contribution in [0.15, 0.2) is 23.4 Å². The lowest BCUT2D eigenvalue weighted by Crippen LogP contribution is -1.85.